The lowest BCUT2D eigenvalue weighted by molar-refractivity contribution is -0.120. The number of carbonyl (C=O) groups excluding carboxylic acids is 2. The molecule has 0 unspecified atom stereocenters. The van der Waals surface area contributed by atoms with Crippen molar-refractivity contribution in [2.75, 3.05) is 16.8 Å². The van der Waals surface area contributed by atoms with Gasteiger partial charge in [0.25, 0.3) is 0 Å². The minimum atomic E-state index is -0.737. The van der Waals surface area contributed by atoms with Gasteiger partial charge in [-0.05, 0) is 47.9 Å². The highest BCUT2D eigenvalue weighted by molar-refractivity contribution is 6.02. The average molecular weight is 403 g/mol. The summed E-state index contributed by atoms with van der Waals surface area (Å²) in [7, 11) is 0. The number of benzene rings is 3. The van der Waals surface area contributed by atoms with E-state index in [0.29, 0.717) is 18.7 Å². The lowest BCUT2D eigenvalue weighted by Gasteiger charge is -2.25. The Kier molecular flexibility index (Phi) is 5.75. The highest BCUT2D eigenvalue weighted by atomic mass is 19.1. The number of para-hydroxylation sites is 1. The lowest BCUT2D eigenvalue weighted by atomic mass is 10.0. The van der Waals surface area contributed by atoms with Gasteiger partial charge in [-0.3, -0.25) is 4.79 Å². The Morgan fingerprint density at radius 2 is 1.63 bits per heavy atom. The van der Waals surface area contributed by atoms with E-state index in [2.05, 4.69) is 10.6 Å². The first kappa shape index (κ1) is 19.6. The summed E-state index contributed by atoms with van der Waals surface area (Å²) in [4.78, 5) is 27.7. The van der Waals surface area contributed by atoms with Crippen LogP contribution in [0, 0.1) is 5.82 Å². The van der Waals surface area contributed by atoms with Crippen LogP contribution in [0.15, 0.2) is 78.9 Å². The molecule has 0 bridgehead atoms. The molecule has 4 rings (SSSR count). The first-order chi connectivity index (χ1) is 14.6. The quantitative estimate of drug-likeness (QED) is 0.672. The number of nitrogens with one attached hydrogen (secondary N) is 2. The van der Waals surface area contributed by atoms with Crippen LogP contribution in [0.5, 0.6) is 0 Å². The van der Waals surface area contributed by atoms with Crippen LogP contribution in [0.4, 0.5) is 20.6 Å². The van der Waals surface area contributed by atoms with Gasteiger partial charge < -0.3 is 15.5 Å². The molecule has 0 radical (unpaired) electrons. The van der Waals surface area contributed by atoms with Gasteiger partial charge in [-0.25, -0.2) is 9.18 Å². The van der Waals surface area contributed by atoms with Gasteiger partial charge in [0.2, 0.25) is 5.91 Å². The predicted octanol–water partition coefficient (Wildman–Crippen LogP) is 4.15. The molecule has 5 nitrogen and oxygen atoms in total. The van der Waals surface area contributed by atoms with Crippen LogP contribution < -0.4 is 15.5 Å². The SMILES string of the molecule is O=C(Nc1ccc(F)cc1)N[C@H](Cc1ccccc1)C(=O)N1CCc2ccccc21. The maximum Gasteiger partial charge on any atom is 0.319 e. The summed E-state index contributed by atoms with van der Waals surface area (Å²) in [5.74, 6) is -0.538. The van der Waals surface area contributed by atoms with Crippen LogP contribution in [0.3, 0.4) is 0 Å². The molecule has 0 fully saturated rings. The maximum absolute atomic E-state index is 13.4. The van der Waals surface area contributed by atoms with Gasteiger partial charge >= 0.3 is 6.03 Å². The molecule has 3 aromatic rings. The first-order valence-corrected chi connectivity index (χ1v) is 9.86. The number of hydrogen-bond acceptors (Lipinski definition) is 2. The van der Waals surface area contributed by atoms with Gasteiger partial charge in [0, 0.05) is 24.3 Å². The molecule has 0 saturated carbocycles. The molecule has 1 aliphatic heterocycles. The van der Waals surface area contributed by atoms with Crippen LogP contribution >= 0.6 is 0 Å². The van der Waals surface area contributed by atoms with E-state index < -0.39 is 12.1 Å². The Labute approximate surface area is 174 Å². The molecule has 0 spiro atoms. The number of fused-ring (bicyclic) bond motifs is 1. The smallest absolute Gasteiger partial charge is 0.319 e. The van der Waals surface area contributed by atoms with E-state index in [0.717, 1.165) is 23.2 Å². The molecule has 1 atom stereocenters. The Balaban J connectivity index is 1.52. The molecule has 6 heteroatoms. The van der Waals surface area contributed by atoms with E-state index in [1.165, 1.54) is 24.3 Å². The van der Waals surface area contributed by atoms with Crippen LogP contribution in [0.2, 0.25) is 0 Å². The van der Waals surface area contributed by atoms with E-state index in [1.807, 2.05) is 54.6 Å². The Hall–Kier alpha value is -3.67. The van der Waals surface area contributed by atoms with Crippen molar-refractivity contribution in [3.05, 3.63) is 95.8 Å². The van der Waals surface area contributed by atoms with Gasteiger partial charge in [0.1, 0.15) is 11.9 Å². The molecule has 1 heterocycles. The molecule has 3 amide bonds. The summed E-state index contributed by atoms with van der Waals surface area (Å²) in [5.41, 5.74) is 3.41. The molecule has 1 aliphatic rings. The number of urea groups is 1. The minimum Gasteiger partial charge on any atom is -0.326 e. The van der Waals surface area contributed by atoms with Crippen molar-refractivity contribution >= 4 is 23.3 Å². The normalized spacial score (nSPS) is 13.4. The van der Waals surface area contributed by atoms with Crippen LogP contribution in [0.1, 0.15) is 11.1 Å². The third-order valence-corrected chi connectivity index (χ3v) is 5.14. The number of halogens is 1. The Morgan fingerprint density at radius 3 is 2.40 bits per heavy atom. The maximum atomic E-state index is 13.4. The first-order valence-electron chi connectivity index (χ1n) is 9.86. The monoisotopic (exact) mass is 403 g/mol. The highest BCUT2D eigenvalue weighted by Crippen LogP contribution is 2.28. The number of hydrogen-bond donors (Lipinski definition) is 2. The summed E-state index contributed by atoms with van der Waals surface area (Å²) in [5, 5.41) is 5.46. The zero-order valence-corrected chi connectivity index (χ0v) is 16.3. The number of nitrogens with zero attached hydrogens (tertiary/aromatic N) is 1. The molecule has 2 N–H and O–H groups in total. The van der Waals surface area contributed by atoms with E-state index in [4.69, 9.17) is 0 Å². The van der Waals surface area contributed by atoms with Crippen LogP contribution in [0.25, 0.3) is 0 Å². The van der Waals surface area contributed by atoms with Gasteiger partial charge in [-0.1, -0.05) is 48.5 Å². The van der Waals surface area contributed by atoms with Crippen molar-refractivity contribution in [2.45, 2.75) is 18.9 Å². The number of anilines is 2. The standard InChI is InChI=1S/C24H22FN3O2/c25-19-10-12-20(13-11-19)26-24(30)27-21(16-17-6-2-1-3-7-17)23(29)28-15-14-18-8-4-5-9-22(18)28/h1-13,21H,14-16H2,(H2,26,27,30)/t21-/m1/s1. The lowest BCUT2D eigenvalue weighted by Crippen LogP contribution is -2.50. The van der Waals surface area contributed by atoms with Crippen molar-refractivity contribution in [1.82, 2.24) is 5.32 Å². The van der Waals surface area contributed by atoms with Crippen molar-refractivity contribution in [2.24, 2.45) is 0 Å². The molecular weight excluding hydrogens is 381 g/mol. The topological polar surface area (TPSA) is 61.4 Å². The number of carbonyl (C=O) groups is 2. The van der Waals surface area contributed by atoms with Crippen LogP contribution in [-0.2, 0) is 17.6 Å². The molecule has 30 heavy (non-hydrogen) atoms. The van der Waals surface area contributed by atoms with Crippen molar-refractivity contribution < 1.29 is 14.0 Å². The van der Waals surface area contributed by atoms with E-state index in [1.54, 1.807) is 4.90 Å². The average Bonchev–Trinajstić information content (AvgIpc) is 3.19. The molecular formula is C24H22FN3O2. The second-order valence-electron chi connectivity index (χ2n) is 7.22. The third-order valence-electron chi connectivity index (χ3n) is 5.14. The molecule has 152 valence electrons. The van der Waals surface area contributed by atoms with Crippen molar-refractivity contribution in [3.8, 4) is 0 Å². The van der Waals surface area contributed by atoms with E-state index in [-0.39, 0.29) is 11.7 Å². The molecule has 0 aromatic heterocycles. The fourth-order valence-electron chi connectivity index (χ4n) is 3.66. The minimum absolute atomic E-state index is 0.155. The second-order valence-corrected chi connectivity index (χ2v) is 7.22. The third kappa shape index (κ3) is 4.49. The molecule has 0 aliphatic carbocycles. The number of amides is 3. The second kappa shape index (κ2) is 8.78. The summed E-state index contributed by atoms with van der Waals surface area (Å²) in [6.07, 6.45) is 1.16. The van der Waals surface area contributed by atoms with Gasteiger partial charge in [0.05, 0.1) is 0 Å². The fraction of sp³-hybridized carbons (Fsp3) is 0.167. The van der Waals surface area contributed by atoms with E-state index in [9.17, 15) is 14.0 Å². The largest absolute Gasteiger partial charge is 0.326 e. The highest BCUT2D eigenvalue weighted by Gasteiger charge is 2.31. The van der Waals surface area contributed by atoms with E-state index >= 15 is 0 Å². The van der Waals surface area contributed by atoms with Crippen LogP contribution in [-0.4, -0.2) is 24.5 Å². The molecule has 0 saturated heterocycles. The summed E-state index contributed by atoms with van der Waals surface area (Å²) < 4.78 is 13.1. The van der Waals surface area contributed by atoms with Gasteiger partial charge in [-0.2, -0.15) is 0 Å². The number of rotatable bonds is 5. The van der Waals surface area contributed by atoms with Crippen molar-refractivity contribution in [3.63, 3.8) is 0 Å². The Bertz CT molecular complexity index is 1040. The Morgan fingerprint density at radius 1 is 0.933 bits per heavy atom. The van der Waals surface area contributed by atoms with Crippen molar-refractivity contribution in [1.29, 1.82) is 0 Å². The summed E-state index contributed by atoms with van der Waals surface area (Å²) in [6.45, 7) is 0.588. The predicted molar refractivity (Wildman–Crippen MR) is 115 cm³/mol. The zero-order chi connectivity index (χ0) is 20.9. The fourth-order valence-corrected chi connectivity index (χ4v) is 3.66. The molecule has 3 aromatic carbocycles. The summed E-state index contributed by atoms with van der Waals surface area (Å²) in [6, 6.07) is 21.6. The van der Waals surface area contributed by atoms with Gasteiger partial charge in [0.15, 0.2) is 0 Å². The van der Waals surface area contributed by atoms with Gasteiger partial charge in [-0.15, -0.1) is 0 Å². The summed E-state index contributed by atoms with van der Waals surface area (Å²) >= 11 is 0. The zero-order valence-electron chi connectivity index (χ0n) is 16.3.